The normalized spacial score (nSPS) is 8.30. The third-order valence-electron chi connectivity index (χ3n) is 1.03. The van der Waals surface area contributed by atoms with Gasteiger partial charge in [0.25, 0.3) is 0 Å². The van der Waals surface area contributed by atoms with Crippen molar-refractivity contribution in [2.45, 2.75) is 0 Å². The molecule has 3 nitrogen and oxygen atoms in total. The van der Waals surface area contributed by atoms with Gasteiger partial charge in [-0.2, -0.15) is 5.26 Å². The monoisotopic (exact) mass is 132 g/mol. The molecule has 0 radical (unpaired) electrons. The van der Waals surface area contributed by atoms with Crippen LogP contribution in [0.1, 0.15) is 16.1 Å². The minimum atomic E-state index is 0.268. The number of rotatable bonds is 1. The molecule has 0 bridgehead atoms. The smallest absolute Gasteiger partial charge is 0.150 e. The van der Waals surface area contributed by atoms with Crippen molar-refractivity contribution in [2.75, 3.05) is 0 Å². The van der Waals surface area contributed by atoms with E-state index in [0.717, 1.165) is 0 Å². The van der Waals surface area contributed by atoms with E-state index in [2.05, 4.69) is 4.98 Å². The number of carbonyl (C=O) groups is 1. The van der Waals surface area contributed by atoms with Gasteiger partial charge in [0.15, 0.2) is 0 Å². The molecule has 0 unspecified atom stereocenters. The molecule has 0 saturated heterocycles. The Morgan fingerprint density at radius 2 is 2.50 bits per heavy atom. The Morgan fingerprint density at radius 3 is 3.10 bits per heavy atom. The van der Waals surface area contributed by atoms with Gasteiger partial charge in [-0.3, -0.25) is 4.79 Å². The molecule has 3 heteroatoms. The van der Waals surface area contributed by atoms with E-state index in [9.17, 15) is 4.79 Å². The van der Waals surface area contributed by atoms with Gasteiger partial charge in [0.2, 0.25) is 0 Å². The van der Waals surface area contributed by atoms with E-state index >= 15 is 0 Å². The third kappa shape index (κ3) is 1.17. The molecule has 0 spiro atoms. The predicted molar refractivity (Wildman–Crippen MR) is 34.3 cm³/mol. The number of hydrogen-bond donors (Lipinski definition) is 0. The number of carbonyl (C=O) groups excluding carboxylic acids is 1. The summed E-state index contributed by atoms with van der Waals surface area (Å²) in [6.07, 6.45) is 2.12. The van der Waals surface area contributed by atoms with Gasteiger partial charge in [0.05, 0.1) is 0 Å². The Labute approximate surface area is 57.9 Å². The first-order valence-corrected chi connectivity index (χ1v) is 2.68. The Hall–Kier alpha value is -1.69. The molecule has 0 amide bonds. The predicted octanol–water partition coefficient (Wildman–Crippen LogP) is 0.766. The number of nitrogens with zero attached hydrogens (tertiary/aromatic N) is 2. The quantitative estimate of drug-likeness (QED) is 0.530. The van der Waals surface area contributed by atoms with Gasteiger partial charge in [0.1, 0.15) is 18.0 Å². The second kappa shape index (κ2) is 2.74. The second-order valence-electron chi connectivity index (χ2n) is 1.70. The fourth-order valence-electron chi connectivity index (χ4n) is 0.581. The summed E-state index contributed by atoms with van der Waals surface area (Å²) in [6.45, 7) is 0. The Bertz CT molecular complexity index is 288. The molecular weight excluding hydrogens is 128 g/mol. The van der Waals surface area contributed by atoms with Crippen LogP contribution in [0.25, 0.3) is 0 Å². The van der Waals surface area contributed by atoms with Gasteiger partial charge in [-0.15, -0.1) is 0 Å². The van der Waals surface area contributed by atoms with Crippen LogP contribution in [0, 0.1) is 11.3 Å². The van der Waals surface area contributed by atoms with E-state index in [0.29, 0.717) is 11.8 Å². The first-order chi connectivity index (χ1) is 4.86. The van der Waals surface area contributed by atoms with Gasteiger partial charge in [-0.05, 0) is 12.1 Å². The van der Waals surface area contributed by atoms with Crippen LogP contribution in [0.15, 0.2) is 18.3 Å². The Kier molecular flexibility index (Phi) is 1.76. The van der Waals surface area contributed by atoms with Crippen LogP contribution in [0.3, 0.4) is 0 Å². The molecule has 1 rings (SSSR count). The lowest BCUT2D eigenvalue weighted by Gasteiger charge is -1.87. The number of aldehydes is 1. The maximum atomic E-state index is 10.1. The minimum Gasteiger partial charge on any atom is -0.298 e. The molecule has 0 N–H and O–H groups in total. The largest absolute Gasteiger partial charge is 0.298 e. The number of aromatic nitrogens is 1. The molecule has 0 aliphatic carbocycles. The van der Waals surface area contributed by atoms with Gasteiger partial charge in [0, 0.05) is 11.8 Å². The Morgan fingerprint density at radius 1 is 1.70 bits per heavy atom. The van der Waals surface area contributed by atoms with Crippen molar-refractivity contribution in [3.8, 4) is 6.07 Å². The molecule has 0 aliphatic heterocycles. The highest BCUT2D eigenvalue weighted by Crippen LogP contribution is 1.95. The summed E-state index contributed by atoms with van der Waals surface area (Å²) in [4.78, 5) is 13.8. The van der Waals surface area contributed by atoms with Crippen LogP contribution in [0.2, 0.25) is 0 Å². The summed E-state index contributed by atoms with van der Waals surface area (Å²) in [5.74, 6) is 0. The molecule has 0 atom stereocenters. The van der Waals surface area contributed by atoms with E-state index in [1.54, 1.807) is 6.07 Å². The summed E-state index contributed by atoms with van der Waals surface area (Å²) >= 11 is 0. The lowest BCUT2D eigenvalue weighted by Crippen LogP contribution is -1.84. The summed E-state index contributed by atoms with van der Waals surface area (Å²) < 4.78 is 0. The van der Waals surface area contributed by atoms with Crippen molar-refractivity contribution in [3.05, 3.63) is 29.6 Å². The SMILES string of the molecule is N#Cc1cc(C=O)ccn1. The maximum Gasteiger partial charge on any atom is 0.150 e. The molecule has 0 aliphatic rings. The maximum absolute atomic E-state index is 10.1. The van der Waals surface area contributed by atoms with Crippen LogP contribution in [0.5, 0.6) is 0 Å². The molecule has 1 heterocycles. The minimum absolute atomic E-state index is 0.268. The first-order valence-electron chi connectivity index (χ1n) is 2.68. The highest BCUT2D eigenvalue weighted by Gasteiger charge is 1.91. The lowest BCUT2D eigenvalue weighted by atomic mass is 10.2. The van der Waals surface area contributed by atoms with Crippen LogP contribution < -0.4 is 0 Å². The van der Waals surface area contributed by atoms with E-state index < -0.39 is 0 Å². The zero-order valence-corrected chi connectivity index (χ0v) is 5.11. The Balaban J connectivity index is 3.13. The average Bonchev–Trinajstić information content (AvgIpc) is 2.05. The van der Waals surface area contributed by atoms with Crippen molar-refractivity contribution in [1.29, 1.82) is 5.26 Å². The van der Waals surface area contributed by atoms with Gasteiger partial charge in [-0.25, -0.2) is 4.98 Å². The summed E-state index contributed by atoms with van der Waals surface area (Å²) in [5.41, 5.74) is 0.746. The van der Waals surface area contributed by atoms with E-state index in [-0.39, 0.29) is 5.69 Å². The van der Waals surface area contributed by atoms with Gasteiger partial charge >= 0.3 is 0 Å². The highest BCUT2D eigenvalue weighted by atomic mass is 16.1. The van der Waals surface area contributed by atoms with Crippen LogP contribution in [0.4, 0.5) is 0 Å². The number of hydrogen-bond acceptors (Lipinski definition) is 3. The van der Waals surface area contributed by atoms with E-state index in [1.165, 1.54) is 12.3 Å². The average molecular weight is 132 g/mol. The summed E-state index contributed by atoms with van der Waals surface area (Å²) in [5, 5.41) is 8.33. The fourth-order valence-corrected chi connectivity index (χ4v) is 0.581. The van der Waals surface area contributed by atoms with Gasteiger partial charge in [-0.1, -0.05) is 0 Å². The molecular formula is C7H4N2O. The van der Waals surface area contributed by atoms with Crippen molar-refractivity contribution < 1.29 is 4.79 Å². The summed E-state index contributed by atoms with van der Waals surface area (Å²) in [6, 6.07) is 4.82. The molecule has 48 valence electrons. The fraction of sp³-hybridized carbons (Fsp3) is 0. The third-order valence-corrected chi connectivity index (χ3v) is 1.03. The molecule has 1 aromatic heterocycles. The van der Waals surface area contributed by atoms with Crippen molar-refractivity contribution in [2.24, 2.45) is 0 Å². The number of nitriles is 1. The van der Waals surface area contributed by atoms with Crippen LogP contribution >= 0.6 is 0 Å². The van der Waals surface area contributed by atoms with Gasteiger partial charge < -0.3 is 0 Å². The topological polar surface area (TPSA) is 53.8 Å². The molecule has 0 fully saturated rings. The zero-order chi connectivity index (χ0) is 7.40. The first kappa shape index (κ1) is 6.43. The lowest BCUT2D eigenvalue weighted by molar-refractivity contribution is 0.112. The standard InChI is InChI=1S/C7H4N2O/c8-4-7-3-6(5-10)1-2-9-7/h1-3,5H. The van der Waals surface area contributed by atoms with Crippen molar-refractivity contribution in [1.82, 2.24) is 4.98 Å². The van der Waals surface area contributed by atoms with E-state index in [1.807, 2.05) is 6.07 Å². The van der Waals surface area contributed by atoms with Crippen molar-refractivity contribution in [3.63, 3.8) is 0 Å². The number of pyridine rings is 1. The molecule has 0 saturated carbocycles. The molecule has 10 heavy (non-hydrogen) atoms. The van der Waals surface area contributed by atoms with Crippen LogP contribution in [-0.4, -0.2) is 11.3 Å². The zero-order valence-electron chi connectivity index (χ0n) is 5.11. The summed E-state index contributed by atoms with van der Waals surface area (Å²) in [7, 11) is 0. The molecule has 0 aromatic carbocycles. The highest BCUT2D eigenvalue weighted by molar-refractivity contribution is 5.74. The van der Waals surface area contributed by atoms with E-state index in [4.69, 9.17) is 5.26 Å². The van der Waals surface area contributed by atoms with Crippen LogP contribution in [-0.2, 0) is 0 Å². The second-order valence-corrected chi connectivity index (χ2v) is 1.70. The van der Waals surface area contributed by atoms with Crippen molar-refractivity contribution >= 4 is 6.29 Å². The molecule has 1 aromatic rings.